The summed E-state index contributed by atoms with van der Waals surface area (Å²) in [6.45, 7) is 1.14. The van der Waals surface area contributed by atoms with Gasteiger partial charge in [0, 0.05) is 12.3 Å². The Morgan fingerprint density at radius 1 is 1.07 bits per heavy atom. The Hall–Kier alpha value is -2.33. The fourth-order valence-corrected chi connectivity index (χ4v) is 3.73. The monoisotopic (exact) mass is 382 g/mol. The quantitative estimate of drug-likeness (QED) is 0.495. The largest absolute Gasteiger partial charge is 0.493 e. The summed E-state index contributed by atoms with van der Waals surface area (Å²) in [4.78, 5) is 10.9. The van der Waals surface area contributed by atoms with Crippen molar-refractivity contribution < 1.29 is 19.0 Å². The summed E-state index contributed by atoms with van der Waals surface area (Å²) in [5, 5.41) is 0. The van der Waals surface area contributed by atoms with Gasteiger partial charge in [0.05, 0.1) is 26.4 Å². The van der Waals surface area contributed by atoms with Crippen LogP contribution < -0.4 is 9.47 Å². The Morgan fingerprint density at radius 3 is 2.57 bits per heavy atom. The molecule has 2 aromatic carbocycles. The molecule has 0 heterocycles. The van der Waals surface area contributed by atoms with Gasteiger partial charge in [-0.2, -0.15) is 0 Å². The molecule has 4 nitrogen and oxygen atoms in total. The second-order valence-electron chi connectivity index (χ2n) is 7.38. The van der Waals surface area contributed by atoms with Crippen molar-refractivity contribution in [1.82, 2.24) is 0 Å². The molecule has 1 aliphatic carbocycles. The van der Waals surface area contributed by atoms with E-state index in [0.717, 1.165) is 48.2 Å². The van der Waals surface area contributed by atoms with Gasteiger partial charge in [0.25, 0.3) is 0 Å². The second-order valence-corrected chi connectivity index (χ2v) is 7.38. The lowest BCUT2D eigenvalue weighted by molar-refractivity contribution is -0.108. The van der Waals surface area contributed by atoms with Gasteiger partial charge in [-0.3, -0.25) is 0 Å². The van der Waals surface area contributed by atoms with E-state index in [-0.39, 0.29) is 12.0 Å². The minimum atomic E-state index is 0.144. The molecule has 3 rings (SSSR count). The van der Waals surface area contributed by atoms with Crippen molar-refractivity contribution in [2.45, 2.75) is 57.2 Å². The predicted molar refractivity (Wildman–Crippen MR) is 110 cm³/mol. The molecule has 0 aliphatic heterocycles. The summed E-state index contributed by atoms with van der Waals surface area (Å²) >= 11 is 0. The summed E-state index contributed by atoms with van der Waals surface area (Å²) in [5.41, 5.74) is 2.28. The molecule has 0 bridgehead atoms. The molecule has 4 heteroatoms. The fraction of sp³-hybridized carbons (Fsp3) is 0.458. The third-order valence-electron chi connectivity index (χ3n) is 5.32. The molecule has 1 fully saturated rings. The van der Waals surface area contributed by atoms with E-state index < -0.39 is 0 Å². The van der Waals surface area contributed by atoms with Gasteiger partial charge in [-0.05, 0) is 55.4 Å². The summed E-state index contributed by atoms with van der Waals surface area (Å²) in [6, 6.07) is 16.2. The highest BCUT2D eigenvalue weighted by Crippen LogP contribution is 2.35. The van der Waals surface area contributed by atoms with E-state index >= 15 is 0 Å². The number of methoxy groups -OCH3 is 1. The van der Waals surface area contributed by atoms with Crippen LogP contribution in [-0.4, -0.2) is 26.1 Å². The van der Waals surface area contributed by atoms with Crippen LogP contribution >= 0.6 is 0 Å². The molecule has 0 saturated heterocycles. The highest BCUT2D eigenvalue weighted by molar-refractivity contribution is 5.50. The zero-order valence-electron chi connectivity index (χ0n) is 16.6. The Kier molecular flexibility index (Phi) is 7.92. The third-order valence-corrected chi connectivity index (χ3v) is 5.32. The molecule has 0 spiro atoms. The van der Waals surface area contributed by atoms with Gasteiger partial charge < -0.3 is 19.0 Å². The molecule has 1 atom stereocenters. The molecule has 0 N–H and O–H groups in total. The third kappa shape index (κ3) is 5.83. The molecule has 1 aliphatic rings. The number of rotatable bonds is 11. The van der Waals surface area contributed by atoms with Gasteiger partial charge in [0.1, 0.15) is 6.29 Å². The van der Waals surface area contributed by atoms with Gasteiger partial charge in [0.2, 0.25) is 0 Å². The summed E-state index contributed by atoms with van der Waals surface area (Å²) in [7, 11) is 1.67. The topological polar surface area (TPSA) is 44.8 Å². The lowest BCUT2D eigenvalue weighted by Crippen LogP contribution is -2.13. The standard InChI is InChI=1S/C24H30O4/c1-26-23-14-13-20(16-24(23)28-22-11-5-6-12-22)21(10-7-15-25)18-27-17-19-8-3-2-4-9-19/h2-4,8-9,13-16,21-22H,5-7,10-12,17-18H2,1H3/t21-/m1/s1. The number of carbonyl (C=O) groups is 1. The van der Waals surface area contributed by atoms with Crippen LogP contribution in [0.2, 0.25) is 0 Å². The average molecular weight is 383 g/mol. The Balaban J connectivity index is 1.69. The normalized spacial score (nSPS) is 15.3. The van der Waals surface area contributed by atoms with Crippen LogP contribution in [0.1, 0.15) is 55.6 Å². The maximum atomic E-state index is 10.9. The SMILES string of the molecule is COc1ccc([C@H](CCC=O)COCc2ccccc2)cc1OC1CCCC1. The van der Waals surface area contributed by atoms with Crippen molar-refractivity contribution in [2.24, 2.45) is 0 Å². The smallest absolute Gasteiger partial charge is 0.161 e. The van der Waals surface area contributed by atoms with Gasteiger partial charge >= 0.3 is 0 Å². The molecule has 1 saturated carbocycles. The van der Waals surface area contributed by atoms with Crippen LogP contribution in [0.5, 0.6) is 11.5 Å². The van der Waals surface area contributed by atoms with E-state index in [0.29, 0.717) is 19.6 Å². The van der Waals surface area contributed by atoms with Gasteiger partial charge in [0.15, 0.2) is 11.5 Å². The number of carbonyl (C=O) groups excluding carboxylic acids is 1. The molecule has 2 aromatic rings. The first-order chi connectivity index (χ1) is 13.8. The lowest BCUT2D eigenvalue weighted by Gasteiger charge is -2.21. The minimum absolute atomic E-state index is 0.144. The van der Waals surface area contributed by atoms with Crippen LogP contribution in [0.15, 0.2) is 48.5 Å². The zero-order chi connectivity index (χ0) is 19.6. The van der Waals surface area contributed by atoms with Crippen molar-refractivity contribution in [2.75, 3.05) is 13.7 Å². The van der Waals surface area contributed by atoms with Gasteiger partial charge in [-0.1, -0.05) is 36.4 Å². The Labute approximate surface area is 167 Å². The summed E-state index contributed by atoms with van der Waals surface area (Å²) < 4.78 is 17.7. The van der Waals surface area contributed by atoms with E-state index in [1.54, 1.807) is 7.11 Å². The summed E-state index contributed by atoms with van der Waals surface area (Å²) in [6.07, 6.45) is 7.17. The zero-order valence-corrected chi connectivity index (χ0v) is 16.6. The maximum absolute atomic E-state index is 10.9. The van der Waals surface area contributed by atoms with E-state index in [1.165, 1.54) is 12.8 Å². The Morgan fingerprint density at radius 2 is 1.86 bits per heavy atom. The fourth-order valence-electron chi connectivity index (χ4n) is 3.73. The highest BCUT2D eigenvalue weighted by atomic mass is 16.5. The molecular formula is C24H30O4. The van der Waals surface area contributed by atoms with E-state index in [2.05, 4.69) is 24.3 Å². The van der Waals surface area contributed by atoms with Gasteiger partial charge in [-0.25, -0.2) is 0 Å². The van der Waals surface area contributed by atoms with E-state index in [4.69, 9.17) is 14.2 Å². The Bertz CT molecular complexity index is 723. The van der Waals surface area contributed by atoms with Gasteiger partial charge in [-0.15, -0.1) is 0 Å². The predicted octanol–water partition coefficient (Wildman–Crippen LogP) is 5.30. The lowest BCUT2D eigenvalue weighted by atomic mass is 9.94. The van der Waals surface area contributed by atoms with E-state index in [9.17, 15) is 4.79 Å². The first kappa shape index (κ1) is 20.4. The van der Waals surface area contributed by atoms with E-state index in [1.807, 2.05) is 24.3 Å². The van der Waals surface area contributed by atoms with Crippen molar-refractivity contribution in [3.8, 4) is 11.5 Å². The number of ether oxygens (including phenoxy) is 3. The van der Waals surface area contributed by atoms with Crippen molar-refractivity contribution in [1.29, 1.82) is 0 Å². The van der Waals surface area contributed by atoms with Crippen molar-refractivity contribution in [3.63, 3.8) is 0 Å². The average Bonchev–Trinajstić information content (AvgIpc) is 3.24. The van der Waals surface area contributed by atoms with Crippen molar-refractivity contribution in [3.05, 3.63) is 59.7 Å². The maximum Gasteiger partial charge on any atom is 0.161 e. The second kappa shape index (κ2) is 10.9. The minimum Gasteiger partial charge on any atom is -0.493 e. The first-order valence-corrected chi connectivity index (χ1v) is 10.2. The van der Waals surface area contributed by atoms with Crippen LogP contribution in [0.4, 0.5) is 0 Å². The summed E-state index contributed by atoms with van der Waals surface area (Å²) in [5.74, 6) is 1.70. The van der Waals surface area contributed by atoms with Crippen LogP contribution in [0, 0.1) is 0 Å². The number of hydrogen-bond donors (Lipinski definition) is 0. The molecule has 28 heavy (non-hydrogen) atoms. The number of benzene rings is 2. The number of aldehydes is 1. The molecular weight excluding hydrogens is 352 g/mol. The first-order valence-electron chi connectivity index (χ1n) is 10.2. The molecule has 0 radical (unpaired) electrons. The molecule has 0 amide bonds. The highest BCUT2D eigenvalue weighted by Gasteiger charge is 2.20. The van der Waals surface area contributed by atoms with Crippen LogP contribution in [-0.2, 0) is 16.1 Å². The van der Waals surface area contributed by atoms with Crippen LogP contribution in [0.25, 0.3) is 0 Å². The molecule has 0 unspecified atom stereocenters. The van der Waals surface area contributed by atoms with Crippen LogP contribution in [0.3, 0.4) is 0 Å². The van der Waals surface area contributed by atoms with Crippen molar-refractivity contribution >= 4 is 6.29 Å². The molecule has 0 aromatic heterocycles. The molecule has 150 valence electrons. The number of hydrogen-bond acceptors (Lipinski definition) is 4.